The van der Waals surface area contributed by atoms with Gasteiger partial charge in [0.05, 0.1) is 0 Å². The highest BCUT2D eigenvalue weighted by Crippen LogP contribution is 2.45. The predicted octanol–water partition coefficient (Wildman–Crippen LogP) is 2.88. The van der Waals surface area contributed by atoms with E-state index < -0.39 is 0 Å². The molecule has 4 heteroatoms. The number of carbonyl (C=O) groups is 1. The van der Waals surface area contributed by atoms with E-state index in [-0.39, 0.29) is 17.1 Å². The Bertz CT molecular complexity index is 443. The minimum atomic E-state index is -0.351. The maximum Gasteiger partial charge on any atom is 0.251 e. The second kappa shape index (κ2) is 4.65. The van der Waals surface area contributed by atoms with Crippen molar-refractivity contribution in [3.63, 3.8) is 0 Å². The Morgan fingerprint density at radius 2 is 2.24 bits per heavy atom. The first-order valence-corrected chi connectivity index (χ1v) is 6.20. The standard InChI is InChI=1S/C13H15ClFNO/c1-9-2-3-10(6-11(9)15)12(17)16-8-13(7-14)4-5-13/h2-3,6H,4-5,7-8H2,1H3,(H,16,17). The number of benzene rings is 1. The summed E-state index contributed by atoms with van der Waals surface area (Å²) in [5.41, 5.74) is 0.986. The first kappa shape index (κ1) is 12.4. The van der Waals surface area contributed by atoms with Crippen molar-refractivity contribution < 1.29 is 9.18 Å². The first-order chi connectivity index (χ1) is 8.06. The quantitative estimate of drug-likeness (QED) is 0.824. The van der Waals surface area contributed by atoms with Crippen LogP contribution in [-0.2, 0) is 0 Å². The van der Waals surface area contributed by atoms with Crippen LogP contribution in [0.4, 0.5) is 4.39 Å². The van der Waals surface area contributed by atoms with Gasteiger partial charge in [-0.05, 0) is 37.5 Å². The fraction of sp³-hybridized carbons (Fsp3) is 0.462. The lowest BCUT2D eigenvalue weighted by molar-refractivity contribution is 0.0946. The highest BCUT2D eigenvalue weighted by molar-refractivity contribution is 6.18. The van der Waals surface area contributed by atoms with Gasteiger partial charge < -0.3 is 5.32 Å². The summed E-state index contributed by atoms with van der Waals surface area (Å²) in [7, 11) is 0. The van der Waals surface area contributed by atoms with E-state index in [1.165, 1.54) is 6.07 Å². The second-order valence-corrected chi connectivity index (χ2v) is 5.05. The first-order valence-electron chi connectivity index (χ1n) is 5.67. The summed E-state index contributed by atoms with van der Waals surface area (Å²) in [6, 6.07) is 4.51. The zero-order valence-electron chi connectivity index (χ0n) is 9.72. The Labute approximate surface area is 105 Å². The molecule has 1 saturated carbocycles. The maximum atomic E-state index is 13.3. The Morgan fingerprint density at radius 1 is 1.53 bits per heavy atom. The van der Waals surface area contributed by atoms with E-state index in [1.54, 1.807) is 19.1 Å². The molecule has 0 unspecified atom stereocenters. The highest BCUT2D eigenvalue weighted by Gasteiger charge is 2.41. The van der Waals surface area contributed by atoms with Crippen LogP contribution in [0.25, 0.3) is 0 Å². The molecule has 0 aliphatic heterocycles. The summed E-state index contributed by atoms with van der Waals surface area (Å²) in [5, 5.41) is 2.81. The van der Waals surface area contributed by atoms with E-state index in [0.29, 0.717) is 23.6 Å². The topological polar surface area (TPSA) is 29.1 Å². The van der Waals surface area contributed by atoms with Gasteiger partial charge >= 0.3 is 0 Å². The molecule has 1 aromatic rings. The number of carbonyl (C=O) groups excluding carboxylic acids is 1. The van der Waals surface area contributed by atoms with Crippen LogP contribution in [0, 0.1) is 18.2 Å². The molecular formula is C13H15ClFNO. The Morgan fingerprint density at radius 3 is 2.76 bits per heavy atom. The van der Waals surface area contributed by atoms with Crippen LogP contribution in [0.3, 0.4) is 0 Å². The fourth-order valence-electron chi connectivity index (χ4n) is 1.64. The molecule has 0 bridgehead atoms. The molecule has 0 saturated heterocycles. The summed E-state index contributed by atoms with van der Waals surface area (Å²) in [6.45, 7) is 2.24. The maximum absolute atomic E-state index is 13.3. The molecular weight excluding hydrogens is 241 g/mol. The largest absolute Gasteiger partial charge is 0.351 e. The molecule has 1 aliphatic carbocycles. The van der Waals surface area contributed by atoms with Crippen LogP contribution in [0.15, 0.2) is 18.2 Å². The molecule has 1 N–H and O–H groups in total. The van der Waals surface area contributed by atoms with Crippen LogP contribution in [-0.4, -0.2) is 18.3 Å². The third-order valence-corrected chi connectivity index (χ3v) is 3.87. The number of nitrogens with one attached hydrogen (secondary N) is 1. The predicted molar refractivity (Wildman–Crippen MR) is 65.9 cm³/mol. The zero-order valence-corrected chi connectivity index (χ0v) is 10.5. The molecule has 2 nitrogen and oxygen atoms in total. The second-order valence-electron chi connectivity index (χ2n) is 4.78. The zero-order chi connectivity index (χ0) is 12.5. The molecule has 0 aromatic heterocycles. The molecule has 1 fully saturated rings. The van der Waals surface area contributed by atoms with Crippen LogP contribution < -0.4 is 5.32 Å². The van der Waals surface area contributed by atoms with Gasteiger partial charge in [0.1, 0.15) is 5.82 Å². The average molecular weight is 256 g/mol. The van der Waals surface area contributed by atoms with Gasteiger partial charge in [-0.15, -0.1) is 11.6 Å². The normalized spacial score (nSPS) is 16.6. The van der Waals surface area contributed by atoms with E-state index in [2.05, 4.69) is 5.32 Å². The van der Waals surface area contributed by atoms with Crippen molar-refractivity contribution in [2.75, 3.05) is 12.4 Å². The molecule has 1 aromatic carbocycles. The van der Waals surface area contributed by atoms with Gasteiger partial charge in [0.25, 0.3) is 5.91 Å². The van der Waals surface area contributed by atoms with Gasteiger partial charge in [-0.25, -0.2) is 4.39 Å². The van der Waals surface area contributed by atoms with E-state index in [0.717, 1.165) is 12.8 Å². The SMILES string of the molecule is Cc1ccc(C(=O)NCC2(CCl)CC2)cc1F. The average Bonchev–Trinajstić information content (AvgIpc) is 3.10. The van der Waals surface area contributed by atoms with Gasteiger partial charge in [0.15, 0.2) is 0 Å². The molecule has 0 heterocycles. The molecule has 1 aliphatic rings. The van der Waals surface area contributed by atoms with E-state index in [1.807, 2.05) is 0 Å². The van der Waals surface area contributed by atoms with E-state index in [4.69, 9.17) is 11.6 Å². The summed E-state index contributed by atoms with van der Waals surface area (Å²) >= 11 is 5.82. The van der Waals surface area contributed by atoms with Crippen LogP contribution >= 0.6 is 11.6 Å². The molecule has 17 heavy (non-hydrogen) atoms. The highest BCUT2D eigenvalue weighted by atomic mass is 35.5. The van der Waals surface area contributed by atoms with E-state index >= 15 is 0 Å². The van der Waals surface area contributed by atoms with E-state index in [9.17, 15) is 9.18 Å². The summed E-state index contributed by atoms with van der Waals surface area (Å²) in [4.78, 5) is 11.8. The lowest BCUT2D eigenvalue weighted by atomic mass is 10.1. The smallest absolute Gasteiger partial charge is 0.251 e. The van der Waals surface area contributed by atoms with Crippen molar-refractivity contribution >= 4 is 17.5 Å². The molecule has 0 radical (unpaired) electrons. The third-order valence-electron chi connectivity index (χ3n) is 3.30. The Hall–Kier alpha value is -1.09. The molecule has 0 atom stereocenters. The van der Waals surface area contributed by atoms with Crippen molar-refractivity contribution in [3.05, 3.63) is 35.1 Å². The van der Waals surface area contributed by atoms with Gasteiger partial charge in [-0.1, -0.05) is 6.07 Å². The van der Waals surface area contributed by atoms with Crippen molar-refractivity contribution in [1.82, 2.24) is 5.32 Å². The lowest BCUT2D eigenvalue weighted by Gasteiger charge is -2.12. The fourth-order valence-corrected chi connectivity index (χ4v) is 2.00. The third kappa shape index (κ3) is 2.78. The number of halogens is 2. The summed E-state index contributed by atoms with van der Waals surface area (Å²) in [6.07, 6.45) is 2.11. The minimum Gasteiger partial charge on any atom is -0.351 e. The summed E-state index contributed by atoms with van der Waals surface area (Å²) < 4.78 is 13.3. The van der Waals surface area contributed by atoms with Crippen LogP contribution in [0.1, 0.15) is 28.8 Å². The lowest BCUT2D eigenvalue weighted by Crippen LogP contribution is -2.31. The monoisotopic (exact) mass is 255 g/mol. The van der Waals surface area contributed by atoms with Crippen LogP contribution in [0.5, 0.6) is 0 Å². The molecule has 2 rings (SSSR count). The molecule has 92 valence electrons. The molecule has 1 amide bonds. The van der Waals surface area contributed by atoms with Gasteiger partial charge in [-0.3, -0.25) is 4.79 Å². The number of hydrogen-bond acceptors (Lipinski definition) is 1. The number of amides is 1. The number of alkyl halides is 1. The van der Waals surface area contributed by atoms with Gasteiger partial charge in [0.2, 0.25) is 0 Å². The minimum absolute atomic E-state index is 0.0838. The number of hydrogen-bond donors (Lipinski definition) is 1. The van der Waals surface area contributed by atoms with Crippen molar-refractivity contribution in [2.45, 2.75) is 19.8 Å². The van der Waals surface area contributed by atoms with Gasteiger partial charge in [-0.2, -0.15) is 0 Å². The number of rotatable bonds is 4. The Balaban J connectivity index is 1.97. The van der Waals surface area contributed by atoms with Crippen molar-refractivity contribution in [1.29, 1.82) is 0 Å². The molecule has 0 spiro atoms. The Kier molecular flexibility index (Phi) is 3.38. The van der Waals surface area contributed by atoms with Crippen molar-refractivity contribution in [3.8, 4) is 0 Å². The van der Waals surface area contributed by atoms with Crippen LogP contribution in [0.2, 0.25) is 0 Å². The number of aryl methyl sites for hydroxylation is 1. The van der Waals surface area contributed by atoms with Crippen molar-refractivity contribution in [2.24, 2.45) is 5.41 Å². The van der Waals surface area contributed by atoms with Gasteiger partial charge in [0, 0.05) is 23.4 Å². The summed E-state index contributed by atoms with van der Waals surface area (Å²) in [5.74, 6) is -0.0216.